The molecule has 0 aliphatic heterocycles. The summed E-state index contributed by atoms with van der Waals surface area (Å²) in [6, 6.07) is 8.18. The number of hydrogen-bond acceptors (Lipinski definition) is 3. The number of oxazole rings is 1. The van der Waals surface area contributed by atoms with Gasteiger partial charge in [-0.1, -0.05) is 38.1 Å². The van der Waals surface area contributed by atoms with E-state index in [-0.39, 0.29) is 0 Å². The van der Waals surface area contributed by atoms with E-state index in [9.17, 15) is 0 Å². The highest BCUT2D eigenvalue weighted by Gasteiger charge is 2.08. The minimum atomic E-state index is 0.635. The van der Waals surface area contributed by atoms with Crippen molar-refractivity contribution in [1.29, 1.82) is 0 Å². The maximum atomic E-state index is 5.76. The zero-order valence-corrected chi connectivity index (χ0v) is 11.2. The average molecular weight is 244 g/mol. The van der Waals surface area contributed by atoms with E-state index >= 15 is 0 Å². The summed E-state index contributed by atoms with van der Waals surface area (Å²) in [5, 5.41) is 3.32. The van der Waals surface area contributed by atoms with Gasteiger partial charge in [-0.05, 0) is 24.9 Å². The topological polar surface area (TPSA) is 38.1 Å². The molecule has 1 aromatic carbocycles. The normalized spacial score (nSPS) is 11.1. The summed E-state index contributed by atoms with van der Waals surface area (Å²) in [6.45, 7) is 8.10. The summed E-state index contributed by atoms with van der Waals surface area (Å²) >= 11 is 0. The van der Waals surface area contributed by atoms with Crippen LogP contribution in [0.5, 0.6) is 0 Å². The Balaban J connectivity index is 2.04. The van der Waals surface area contributed by atoms with E-state index in [0.29, 0.717) is 12.5 Å². The summed E-state index contributed by atoms with van der Waals surface area (Å²) in [6.07, 6.45) is 1.80. The predicted octanol–water partition coefficient (Wildman–Crippen LogP) is 3.40. The molecule has 0 unspecified atom stereocenters. The number of aryl methyl sites for hydroxylation is 1. The van der Waals surface area contributed by atoms with E-state index in [1.165, 1.54) is 5.56 Å². The quantitative estimate of drug-likeness (QED) is 0.876. The van der Waals surface area contributed by atoms with Crippen LogP contribution in [0.1, 0.15) is 25.3 Å². The van der Waals surface area contributed by atoms with E-state index < -0.39 is 0 Å². The van der Waals surface area contributed by atoms with E-state index in [0.717, 1.165) is 23.8 Å². The van der Waals surface area contributed by atoms with Crippen molar-refractivity contribution in [3.63, 3.8) is 0 Å². The molecule has 0 amide bonds. The zero-order chi connectivity index (χ0) is 13.0. The molecular weight excluding hydrogens is 224 g/mol. The highest BCUT2D eigenvalue weighted by Crippen LogP contribution is 2.23. The second-order valence-electron chi connectivity index (χ2n) is 4.96. The largest absolute Gasteiger partial charge is 0.439 e. The van der Waals surface area contributed by atoms with Gasteiger partial charge in [-0.25, -0.2) is 4.98 Å². The SMILES string of the molecule is Cc1ccccc1-c1cnc(CNCC(C)C)o1. The van der Waals surface area contributed by atoms with Gasteiger partial charge in [0.1, 0.15) is 0 Å². The van der Waals surface area contributed by atoms with Crippen molar-refractivity contribution in [2.75, 3.05) is 6.54 Å². The monoisotopic (exact) mass is 244 g/mol. The molecule has 1 heterocycles. The Morgan fingerprint density at radius 2 is 2.06 bits per heavy atom. The predicted molar refractivity (Wildman–Crippen MR) is 73.2 cm³/mol. The Hall–Kier alpha value is -1.61. The summed E-state index contributed by atoms with van der Waals surface area (Å²) in [4.78, 5) is 4.30. The van der Waals surface area contributed by atoms with Crippen molar-refractivity contribution in [3.05, 3.63) is 41.9 Å². The third-order valence-corrected chi connectivity index (χ3v) is 2.79. The average Bonchev–Trinajstić information content (AvgIpc) is 2.78. The molecule has 0 aliphatic rings. The van der Waals surface area contributed by atoms with E-state index in [4.69, 9.17) is 4.42 Å². The first kappa shape index (κ1) is 12.8. The molecular formula is C15H20N2O. The van der Waals surface area contributed by atoms with Gasteiger partial charge in [-0.15, -0.1) is 0 Å². The summed E-state index contributed by atoms with van der Waals surface area (Å²) < 4.78 is 5.76. The van der Waals surface area contributed by atoms with Crippen molar-refractivity contribution in [1.82, 2.24) is 10.3 Å². The molecule has 2 aromatic rings. The van der Waals surface area contributed by atoms with Crippen molar-refractivity contribution in [2.45, 2.75) is 27.3 Å². The van der Waals surface area contributed by atoms with Crippen LogP contribution in [-0.4, -0.2) is 11.5 Å². The molecule has 0 fully saturated rings. The maximum Gasteiger partial charge on any atom is 0.208 e. The van der Waals surface area contributed by atoms with Crippen LogP contribution in [0, 0.1) is 12.8 Å². The molecule has 3 heteroatoms. The van der Waals surface area contributed by atoms with Crippen LogP contribution in [0.15, 0.2) is 34.9 Å². The lowest BCUT2D eigenvalue weighted by molar-refractivity contribution is 0.459. The third-order valence-electron chi connectivity index (χ3n) is 2.79. The van der Waals surface area contributed by atoms with Gasteiger partial charge < -0.3 is 9.73 Å². The molecule has 0 bridgehead atoms. The molecule has 3 nitrogen and oxygen atoms in total. The minimum absolute atomic E-state index is 0.635. The van der Waals surface area contributed by atoms with Crippen molar-refractivity contribution >= 4 is 0 Å². The van der Waals surface area contributed by atoms with Crippen molar-refractivity contribution < 1.29 is 4.42 Å². The van der Waals surface area contributed by atoms with Crippen molar-refractivity contribution in [3.8, 4) is 11.3 Å². The van der Waals surface area contributed by atoms with Crippen LogP contribution in [0.4, 0.5) is 0 Å². The molecule has 96 valence electrons. The highest BCUT2D eigenvalue weighted by atomic mass is 16.4. The smallest absolute Gasteiger partial charge is 0.208 e. The Kier molecular flexibility index (Phi) is 4.15. The molecule has 0 spiro atoms. The van der Waals surface area contributed by atoms with E-state index in [1.54, 1.807) is 6.20 Å². The molecule has 1 N–H and O–H groups in total. The van der Waals surface area contributed by atoms with Crippen LogP contribution in [0.2, 0.25) is 0 Å². The highest BCUT2D eigenvalue weighted by molar-refractivity contribution is 5.60. The Morgan fingerprint density at radius 1 is 1.28 bits per heavy atom. The molecule has 0 saturated carbocycles. The molecule has 0 radical (unpaired) electrons. The lowest BCUT2D eigenvalue weighted by Gasteiger charge is -2.04. The zero-order valence-electron chi connectivity index (χ0n) is 11.2. The second kappa shape index (κ2) is 5.83. The molecule has 18 heavy (non-hydrogen) atoms. The van der Waals surface area contributed by atoms with Crippen LogP contribution >= 0.6 is 0 Å². The summed E-state index contributed by atoms with van der Waals surface area (Å²) in [5.41, 5.74) is 2.32. The van der Waals surface area contributed by atoms with Gasteiger partial charge in [-0.3, -0.25) is 0 Å². The molecule has 1 aromatic heterocycles. The minimum Gasteiger partial charge on any atom is -0.439 e. The summed E-state index contributed by atoms with van der Waals surface area (Å²) in [7, 11) is 0. The first-order chi connectivity index (χ1) is 8.66. The third kappa shape index (κ3) is 3.20. The van der Waals surface area contributed by atoms with Gasteiger partial charge >= 0.3 is 0 Å². The van der Waals surface area contributed by atoms with Crippen LogP contribution in [-0.2, 0) is 6.54 Å². The molecule has 2 rings (SSSR count). The fraction of sp³-hybridized carbons (Fsp3) is 0.400. The van der Waals surface area contributed by atoms with E-state index in [1.807, 2.05) is 12.1 Å². The van der Waals surface area contributed by atoms with Crippen LogP contribution in [0.25, 0.3) is 11.3 Å². The van der Waals surface area contributed by atoms with Gasteiger partial charge in [0.05, 0.1) is 12.7 Å². The van der Waals surface area contributed by atoms with Crippen molar-refractivity contribution in [2.24, 2.45) is 5.92 Å². The van der Waals surface area contributed by atoms with Crippen LogP contribution in [0.3, 0.4) is 0 Å². The maximum absolute atomic E-state index is 5.76. The summed E-state index contributed by atoms with van der Waals surface area (Å²) in [5.74, 6) is 2.22. The Labute approximate surface area is 108 Å². The molecule has 0 saturated heterocycles. The number of benzene rings is 1. The van der Waals surface area contributed by atoms with Gasteiger partial charge in [0.15, 0.2) is 5.76 Å². The van der Waals surface area contributed by atoms with Gasteiger partial charge in [0.2, 0.25) is 5.89 Å². The lowest BCUT2D eigenvalue weighted by Crippen LogP contribution is -2.18. The standard InChI is InChI=1S/C15H20N2O/c1-11(2)8-16-10-15-17-9-14(18-15)13-7-5-4-6-12(13)3/h4-7,9,11,16H,8,10H2,1-3H3. The fourth-order valence-corrected chi connectivity index (χ4v) is 1.83. The van der Waals surface area contributed by atoms with Gasteiger partial charge in [-0.2, -0.15) is 0 Å². The van der Waals surface area contributed by atoms with E-state index in [2.05, 4.69) is 43.2 Å². The van der Waals surface area contributed by atoms with Gasteiger partial charge in [0.25, 0.3) is 0 Å². The molecule has 0 atom stereocenters. The number of rotatable bonds is 5. The Morgan fingerprint density at radius 3 is 2.78 bits per heavy atom. The number of aromatic nitrogens is 1. The first-order valence-electron chi connectivity index (χ1n) is 6.38. The van der Waals surface area contributed by atoms with Crippen LogP contribution < -0.4 is 5.32 Å². The van der Waals surface area contributed by atoms with Gasteiger partial charge in [0, 0.05) is 5.56 Å². The fourth-order valence-electron chi connectivity index (χ4n) is 1.83. The first-order valence-corrected chi connectivity index (χ1v) is 6.38. The number of hydrogen-bond donors (Lipinski definition) is 1. The number of nitrogens with one attached hydrogen (secondary N) is 1. The Bertz CT molecular complexity index is 503. The number of nitrogens with zero attached hydrogens (tertiary/aromatic N) is 1. The lowest BCUT2D eigenvalue weighted by atomic mass is 10.1. The molecule has 0 aliphatic carbocycles. The second-order valence-corrected chi connectivity index (χ2v) is 4.96.